The first-order chi connectivity index (χ1) is 11.7. The summed E-state index contributed by atoms with van der Waals surface area (Å²) in [7, 11) is 0. The van der Waals surface area contributed by atoms with Crippen LogP contribution in [0, 0.1) is 11.3 Å². The molecule has 0 saturated heterocycles. The minimum atomic E-state index is -0.0655. The molecular formula is C19H14ClN3O. The van der Waals surface area contributed by atoms with Crippen LogP contribution >= 0.6 is 11.6 Å². The Kier molecular flexibility index (Phi) is 3.51. The molecule has 1 amide bonds. The number of nitrogens with one attached hydrogen (secondary N) is 1. The maximum absolute atomic E-state index is 12.3. The molecule has 0 fully saturated rings. The number of aromatic nitrogens is 1. The van der Waals surface area contributed by atoms with Gasteiger partial charge in [0.15, 0.2) is 0 Å². The smallest absolute Gasteiger partial charge is 0.267 e. The molecule has 1 aliphatic heterocycles. The summed E-state index contributed by atoms with van der Waals surface area (Å²) in [5.74, 6) is -0.0655. The average Bonchev–Trinajstić information content (AvgIpc) is 2.87. The molecule has 0 spiro atoms. The third kappa shape index (κ3) is 2.34. The fourth-order valence-electron chi connectivity index (χ4n) is 3.28. The van der Waals surface area contributed by atoms with Crippen molar-refractivity contribution < 1.29 is 4.79 Å². The average molecular weight is 336 g/mol. The first kappa shape index (κ1) is 14.8. The fourth-order valence-corrected chi connectivity index (χ4v) is 3.40. The van der Waals surface area contributed by atoms with Gasteiger partial charge in [0.2, 0.25) is 0 Å². The van der Waals surface area contributed by atoms with Gasteiger partial charge in [0, 0.05) is 29.1 Å². The maximum Gasteiger partial charge on any atom is 0.267 e. The lowest BCUT2D eigenvalue weighted by atomic mass is 10.00. The number of fused-ring (bicyclic) bond motifs is 3. The van der Waals surface area contributed by atoms with E-state index >= 15 is 0 Å². The van der Waals surface area contributed by atoms with Gasteiger partial charge in [-0.2, -0.15) is 5.26 Å². The van der Waals surface area contributed by atoms with Crippen LogP contribution in [0.15, 0.2) is 42.5 Å². The van der Waals surface area contributed by atoms with E-state index in [9.17, 15) is 10.1 Å². The molecule has 1 aliphatic rings. The number of carbonyl (C=O) groups excluding carboxylic acids is 1. The Morgan fingerprint density at radius 3 is 2.71 bits per heavy atom. The van der Waals surface area contributed by atoms with Crippen LogP contribution < -0.4 is 5.32 Å². The van der Waals surface area contributed by atoms with E-state index in [0.717, 1.165) is 35.0 Å². The van der Waals surface area contributed by atoms with E-state index < -0.39 is 0 Å². The van der Waals surface area contributed by atoms with Crippen LogP contribution in [0.1, 0.15) is 22.5 Å². The number of nitrogens with zero attached hydrogens (tertiary/aromatic N) is 2. The summed E-state index contributed by atoms with van der Waals surface area (Å²) in [6.45, 7) is 1.44. The van der Waals surface area contributed by atoms with Crippen LogP contribution in [-0.4, -0.2) is 17.0 Å². The number of benzene rings is 2. The third-order valence-electron chi connectivity index (χ3n) is 4.35. The summed E-state index contributed by atoms with van der Waals surface area (Å²) in [5.41, 5.74) is 4.14. The van der Waals surface area contributed by atoms with Gasteiger partial charge in [-0.25, -0.2) is 0 Å². The molecular weight excluding hydrogens is 322 g/mol. The van der Waals surface area contributed by atoms with Crippen molar-refractivity contribution in [2.24, 2.45) is 0 Å². The molecule has 5 heteroatoms. The second-order valence-electron chi connectivity index (χ2n) is 5.87. The molecule has 3 aromatic rings. The van der Waals surface area contributed by atoms with Crippen molar-refractivity contribution in [3.63, 3.8) is 0 Å². The van der Waals surface area contributed by atoms with Crippen LogP contribution in [0.4, 0.5) is 0 Å². The van der Waals surface area contributed by atoms with Gasteiger partial charge in [-0.05, 0) is 42.3 Å². The molecule has 0 radical (unpaired) electrons. The third-order valence-corrected chi connectivity index (χ3v) is 4.61. The van der Waals surface area contributed by atoms with Gasteiger partial charge in [0.25, 0.3) is 5.91 Å². The monoisotopic (exact) mass is 335 g/mol. The topological polar surface area (TPSA) is 57.8 Å². The molecule has 0 unspecified atom stereocenters. The van der Waals surface area contributed by atoms with E-state index in [4.69, 9.17) is 11.6 Å². The molecule has 4 nitrogen and oxygen atoms in total. The van der Waals surface area contributed by atoms with Crippen molar-refractivity contribution in [2.75, 3.05) is 6.54 Å². The molecule has 0 saturated carbocycles. The maximum atomic E-state index is 12.3. The summed E-state index contributed by atoms with van der Waals surface area (Å²) in [5, 5.41) is 13.8. The van der Waals surface area contributed by atoms with Crippen LogP contribution in [0.25, 0.3) is 22.0 Å². The van der Waals surface area contributed by atoms with Crippen molar-refractivity contribution in [1.29, 1.82) is 5.26 Å². The van der Waals surface area contributed by atoms with Crippen molar-refractivity contribution in [1.82, 2.24) is 9.88 Å². The molecule has 1 aromatic heterocycles. The van der Waals surface area contributed by atoms with E-state index in [-0.39, 0.29) is 5.91 Å². The van der Waals surface area contributed by atoms with E-state index in [1.807, 2.05) is 42.5 Å². The number of rotatable bonds is 1. The summed E-state index contributed by atoms with van der Waals surface area (Å²) >= 11 is 6.00. The highest BCUT2D eigenvalue weighted by Gasteiger charge is 2.21. The Hall–Kier alpha value is -2.77. The molecule has 0 atom stereocenters. The zero-order valence-corrected chi connectivity index (χ0v) is 13.6. The molecule has 4 rings (SSSR count). The van der Waals surface area contributed by atoms with Gasteiger partial charge in [-0.3, -0.25) is 4.79 Å². The van der Waals surface area contributed by atoms with E-state index in [0.29, 0.717) is 22.8 Å². The van der Waals surface area contributed by atoms with Gasteiger partial charge in [-0.1, -0.05) is 23.7 Å². The van der Waals surface area contributed by atoms with Crippen LogP contribution in [-0.2, 0) is 6.54 Å². The van der Waals surface area contributed by atoms with Crippen molar-refractivity contribution in [3.8, 4) is 17.2 Å². The van der Waals surface area contributed by atoms with Gasteiger partial charge < -0.3 is 9.88 Å². The van der Waals surface area contributed by atoms with E-state index in [1.165, 1.54) is 0 Å². The quantitative estimate of drug-likeness (QED) is 0.731. The largest absolute Gasteiger partial charge is 0.351 e. The number of nitriles is 1. The molecule has 2 aromatic carbocycles. The zero-order valence-electron chi connectivity index (χ0n) is 12.8. The van der Waals surface area contributed by atoms with Crippen molar-refractivity contribution >= 4 is 28.4 Å². The Morgan fingerprint density at radius 2 is 1.96 bits per heavy atom. The number of aryl methyl sites for hydroxylation is 1. The second-order valence-corrected chi connectivity index (χ2v) is 6.31. The van der Waals surface area contributed by atoms with E-state index in [2.05, 4.69) is 16.0 Å². The number of carbonyl (C=O) groups is 1. The predicted molar refractivity (Wildman–Crippen MR) is 94.0 cm³/mol. The van der Waals surface area contributed by atoms with Crippen molar-refractivity contribution in [2.45, 2.75) is 13.0 Å². The van der Waals surface area contributed by atoms with Crippen LogP contribution in [0.5, 0.6) is 0 Å². The highest BCUT2D eigenvalue weighted by molar-refractivity contribution is 6.30. The summed E-state index contributed by atoms with van der Waals surface area (Å²) in [6.07, 6.45) is 0.878. The lowest BCUT2D eigenvalue weighted by Crippen LogP contribution is -2.22. The lowest BCUT2D eigenvalue weighted by Gasteiger charge is -2.11. The van der Waals surface area contributed by atoms with Gasteiger partial charge >= 0.3 is 0 Å². The lowest BCUT2D eigenvalue weighted by molar-refractivity contribution is 0.0951. The highest BCUT2D eigenvalue weighted by atomic mass is 35.5. The van der Waals surface area contributed by atoms with Gasteiger partial charge in [0.05, 0.1) is 17.1 Å². The Morgan fingerprint density at radius 1 is 1.17 bits per heavy atom. The Labute approximate surface area is 144 Å². The number of hydrogen-bond donors (Lipinski definition) is 1. The molecule has 0 aliphatic carbocycles. The first-order valence-corrected chi connectivity index (χ1v) is 8.17. The zero-order chi connectivity index (χ0) is 16.7. The van der Waals surface area contributed by atoms with Crippen LogP contribution in [0.3, 0.4) is 0 Å². The fraction of sp³-hybridized carbons (Fsp3) is 0.158. The SMILES string of the molecule is N#Cc1cc(-c2ccc(Cl)cc2)c2c(c1)cc1n2CCCNC1=O. The molecule has 118 valence electrons. The normalized spacial score (nSPS) is 13.9. The minimum Gasteiger partial charge on any atom is -0.351 e. The number of amides is 1. The standard InChI is InChI=1S/C19H14ClN3O/c20-15-4-2-13(3-5-15)16-9-12(11-21)8-14-10-17-19(24)22-6-1-7-23(17)18(14)16/h2-5,8-10H,1,6-7H2,(H,22,24). The molecule has 2 heterocycles. The predicted octanol–water partition coefficient (Wildman–Crippen LogP) is 3.97. The number of halogens is 1. The minimum absolute atomic E-state index is 0.0655. The van der Waals surface area contributed by atoms with Crippen molar-refractivity contribution in [3.05, 3.63) is 58.7 Å². The van der Waals surface area contributed by atoms with E-state index in [1.54, 1.807) is 0 Å². The van der Waals surface area contributed by atoms with Crippen LogP contribution in [0.2, 0.25) is 5.02 Å². The molecule has 0 bridgehead atoms. The Bertz CT molecular complexity index is 996. The van der Waals surface area contributed by atoms with Gasteiger partial charge in [-0.15, -0.1) is 0 Å². The summed E-state index contributed by atoms with van der Waals surface area (Å²) in [6, 6.07) is 15.3. The Balaban J connectivity index is 2.06. The first-order valence-electron chi connectivity index (χ1n) is 7.79. The second kappa shape index (κ2) is 5.70. The highest BCUT2D eigenvalue weighted by Crippen LogP contribution is 2.34. The molecule has 1 N–H and O–H groups in total. The summed E-state index contributed by atoms with van der Waals surface area (Å²) in [4.78, 5) is 12.3. The number of hydrogen-bond acceptors (Lipinski definition) is 2. The summed E-state index contributed by atoms with van der Waals surface area (Å²) < 4.78 is 2.06. The molecule has 24 heavy (non-hydrogen) atoms. The van der Waals surface area contributed by atoms with Gasteiger partial charge in [0.1, 0.15) is 5.69 Å².